The predicted octanol–water partition coefficient (Wildman–Crippen LogP) is 2.51. The van der Waals surface area contributed by atoms with Crippen molar-refractivity contribution in [2.24, 2.45) is 11.5 Å². The first-order valence-corrected chi connectivity index (χ1v) is 7.46. The zero-order valence-corrected chi connectivity index (χ0v) is 13.2. The SMILES string of the molecule is CC1=C(CC(N)=O)SC(N)N1c1c(C)cc(C)cc1C. The van der Waals surface area contributed by atoms with Crippen LogP contribution in [-0.2, 0) is 4.79 Å². The average Bonchev–Trinajstić information content (AvgIpc) is 2.54. The molecule has 0 aromatic heterocycles. The molecule has 1 aromatic rings. The molecule has 4 nitrogen and oxygen atoms in total. The van der Waals surface area contributed by atoms with Crippen LogP contribution in [0.1, 0.15) is 30.0 Å². The van der Waals surface area contributed by atoms with E-state index in [2.05, 4.69) is 37.8 Å². The molecule has 0 spiro atoms. The smallest absolute Gasteiger partial charge is 0.222 e. The minimum Gasteiger partial charge on any atom is -0.369 e. The summed E-state index contributed by atoms with van der Waals surface area (Å²) in [6, 6.07) is 4.30. The second-order valence-electron chi connectivity index (χ2n) is 5.28. The first-order chi connectivity index (χ1) is 9.31. The molecule has 1 atom stereocenters. The highest BCUT2D eigenvalue weighted by Crippen LogP contribution is 2.42. The van der Waals surface area contributed by atoms with Crippen molar-refractivity contribution >= 4 is 23.4 Å². The van der Waals surface area contributed by atoms with E-state index >= 15 is 0 Å². The van der Waals surface area contributed by atoms with Crippen molar-refractivity contribution in [1.29, 1.82) is 0 Å². The lowest BCUT2D eigenvalue weighted by atomic mass is 10.0. The number of anilines is 1. The van der Waals surface area contributed by atoms with Gasteiger partial charge < -0.3 is 16.4 Å². The number of hydrogen-bond acceptors (Lipinski definition) is 4. The summed E-state index contributed by atoms with van der Waals surface area (Å²) in [6.07, 6.45) is 0.255. The number of amides is 1. The van der Waals surface area contributed by atoms with Gasteiger partial charge in [0.2, 0.25) is 5.91 Å². The molecule has 1 amide bonds. The van der Waals surface area contributed by atoms with E-state index in [4.69, 9.17) is 11.5 Å². The van der Waals surface area contributed by atoms with Gasteiger partial charge in [0.05, 0.1) is 6.42 Å². The molecule has 5 heteroatoms. The van der Waals surface area contributed by atoms with Gasteiger partial charge in [-0.25, -0.2) is 0 Å². The van der Waals surface area contributed by atoms with Crippen LogP contribution in [0.4, 0.5) is 5.69 Å². The van der Waals surface area contributed by atoms with Crippen LogP contribution in [0.25, 0.3) is 0 Å². The van der Waals surface area contributed by atoms with Gasteiger partial charge in [0.1, 0.15) is 5.50 Å². The maximum absolute atomic E-state index is 11.1. The molecule has 108 valence electrons. The van der Waals surface area contributed by atoms with E-state index in [-0.39, 0.29) is 17.8 Å². The van der Waals surface area contributed by atoms with E-state index in [1.165, 1.54) is 28.5 Å². The zero-order valence-electron chi connectivity index (χ0n) is 12.4. The summed E-state index contributed by atoms with van der Waals surface area (Å²) < 4.78 is 0. The Morgan fingerprint density at radius 3 is 2.30 bits per heavy atom. The summed E-state index contributed by atoms with van der Waals surface area (Å²) >= 11 is 1.51. The van der Waals surface area contributed by atoms with Crippen molar-refractivity contribution in [3.8, 4) is 0 Å². The summed E-state index contributed by atoms with van der Waals surface area (Å²) in [7, 11) is 0. The van der Waals surface area contributed by atoms with E-state index in [0.29, 0.717) is 0 Å². The largest absolute Gasteiger partial charge is 0.369 e. The Kier molecular flexibility index (Phi) is 4.11. The van der Waals surface area contributed by atoms with Gasteiger partial charge in [0, 0.05) is 16.3 Å². The summed E-state index contributed by atoms with van der Waals surface area (Å²) in [5, 5.41) is 0. The van der Waals surface area contributed by atoms with E-state index in [9.17, 15) is 4.79 Å². The zero-order chi connectivity index (χ0) is 15.0. The average molecular weight is 291 g/mol. The van der Waals surface area contributed by atoms with Crippen LogP contribution in [0.5, 0.6) is 0 Å². The van der Waals surface area contributed by atoms with Gasteiger partial charge in [-0.15, -0.1) is 0 Å². The van der Waals surface area contributed by atoms with Gasteiger partial charge in [-0.3, -0.25) is 4.79 Å². The maximum atomic E-state index is 11.1. The topological polar surface area (TPSA) is 72.3 Å². The molecular formula is C15H21N3OS. The minimum atomic E-state index is -0.321. The molecule has 20 heavy (non-hydrogen) atoms. The minimum absolute atomic E-state index is 0.204. The molecule has 1 heterocycles. The van der Waals surface area contributed by atoms with E-state index < -0.39 is 0 Å². The van der Waals surface area contributed by atoms with Gasteiger partial charge in [-0.2, -0.15) is 0 Å². The molecule has 1 unspecified atom stereocenters. The number of carbonyl (C=O) groups excluding carboxylic acids is 1. The monoisotopic (exact) mass is 291 g/mol. The molecule has 2 rings (SSSR count). The first kappa shape index (κ1) is 14.9. The normalized spacial score (nSPS) is 18.9. The first-order valence-electron chi connectivity index (χ1n) is 6.58. The van der Waals surface area contributed by atoms with Gasteiger partial charge in [-0.05, 0) is 38.8 Å². The number of nitrogens with two attached hydrogens (primary N) is 2. The van der Waals surface area contributed by atoms with Crippen molar-refractivity contribution in [2.75, 3.05) is 4.90 Å². The lowest BCUT2D eigenvalue weighted by Gasteiger charge is -2.28. The number of rotatable bonds is 3. The fraction of sp³-hybridized carbons (Fsp3) is 0.400. The molecule has 0 fully saturated rings. The molecule has 0 saturated carbocycles. The maximum Gasteiger partial charge on any atom is 0.222 e. The van der Waals surface area contributed by atoms with Crippen molar-refractivity contribution in [3.63, 3.8) is 0 Å². The summed E-state index contributed by atoms with van der Waals surface area (Å²) in [6.45, 7) is 8.26. The van der Waals surface area contributed by atoms with Crippen molar-refractivity contribution in [3.05, 3.63) is 39.4 Å². The van der Waals surface area contributed by atoms with Crippen LogP contribution >= 0.6 is 11.8 Å². The number of carbonyl (C=O) groups is 1. The number of benzene rings is 1. The van der Waals surface area contributed by atoms with E-state index in [1.807, 2.05) is 6.92 Å². The van der Waals surface area contributed by atoms with E-state index in [1.54, 1.807) is 0 Å². The molecule has 1 aliphatic heterocycles. The molecule has 4 N–H and O–H groups in total. The number of nitrogens with zero attached hydrogens (tertiary/aromatic N) is 1. The number of primary amides is 1. The van der Waals surface area contributed by atoms with Gasteiger partial charge >= 0.3 is 0 Å². The molecule has 0 radical (unpaired) electrons. The second kappa shape index (κ2) is 5.50. The van der Waals surface area contributed by atoms with Crippen LogP contribution in [0.3, 0.4) is 0 Å². The Labute approximate surface area is 124 Å². The van der Waals surface area contributed by atoms with Crippen LogP contribution < -0.4 is 16.4 Å². The predicted molar refractivity (Wildman–Crippen MR) is 85.2 cm³/mol. The second-order valence-corrected chi connectivity index (χ2v) is 6.49. The third-order valence-corrected chi connectivity index (χ3v) is 4.67. The van der Waals surface area contributed by atoms with Gasteiger partial charge in [0.15, 0.2) is 0 Å². The fourth-order valence-electron chi connectivity index (χ4n) is 2.78. The summed E-state index contributed by atoms with van der Waals surface area (Å²) in [5.74, 6) is -0.321. The summed E-state index contributed by atoms with van der Waals surface area (Å²) in [5.41, 5.74) is 17.1. The Hall–Kier alpha value is -1.46. The quantitative estimate of drug-likeness (QED) is 0.897. The molecule has 1 aliphatic rings. The molecule has 0 aliphatic carbocycles. The van der Waals surface area contributed by atoms with Gasteiger partial charge in [0.25, 0.3) is 0 Å². The van der Waals surface area contributed by atoms with Crippen molar-refractivity contribution in [1.82, 2.24) is 0 Å². The highest BCUT2D eigenvalue weighted by atomic mass is 32.2. The third kappa shape index (κ3) is 2.69. The number of thioether (sulfide) groups is 1. The lowest BCUT2D eigenvalue weighted by molar-refractivity contribution is -0.117. The number of allylic oxidation sites excluding steroid dienone is 1. The third-order valence-electron chi connectivity index (χ3n) is 3.49. The molecule has 1 aromatic carbocycles. The molecule has 0 bridgehead atoms. The Morgan fingerprint density at radius 2 is 1.80 bits per heavy atom. The standard InChI is InChI=1S/C15H21N3OS/c1-8-5-9(2)14(10(3)6-8)18-11(4)12(7-13(16)19)20-15(18)17/h5-6,15H,7,17H2,1-4H3,(H2,16,19). The van der Waals surface area contributed by atoms with E-state index in [0.717, 1.165) is 16.3 Å². The Bertz CT molecular complexity index is 572. The lowest BCUT2D eigenvalue weighted by Crippen LogP contribution is -2.35. The van der Waals surface area contributed by atoms with Crippen LogP contribution in [-0.4, -0.2) is 11.4 Å². The highest BCUT2D eigenvalue weighted by molar-refractivity contribution is 8.04. The Balaban J connectivity index is 2.47. The highest BCUT2D eigenvalue weighted by Gasteiger charge is 2.30. The van der Waals surface area contributed by atoms with Crippen molar-refractivity contribution < 1.29 is 4.79 Å². The fourth-order valence-corrected chi connectivity index (χ4v) is 3.94. The number of hydrogen-bond donors (Lipinski definition) is 2. The van der Waals surface area contributed by atoms with Crippen LogP contribution in [0.2, 0.25) is 0 Å². The van der Waals surface area contributed by atoms with Gasteiger partial charge in [-0.1, -0.05) is 29.5 Å². The summed E-state index contributed by atoms with van der Waals surface area (Å²) in [4.78, 5) is 14.2. The van der Waals surface area contributed by atoms with Crippen LogP contribution in [0, 0.1) is 20.8 Å². The van der Waals surface area contributed by atoms with Crippen LogP contribution in [0.15, 0.2) is 22.7 Å². The Morgan fingerprint density at radius 1 is 1.25 bits per heavy atom. The molecule has 0 saturated heterocycles. The molecular weight excluding hydrogens is 270 g/mol. The number of aryl methyl sites for hydroxylation is 3. The van der Waals surface area contributed by atoms with Crippen molar-refractivity contribution in [2.45, 2.75) is 39.6 Å².